The van der Waals surface area contributed by atoms with E-state index >= 15 is 0 Å². The molecule has 23 heavy (non-hydrogen) atoms. The second-order valence-corrected chi connectivity index (χ2v) is 8.14. The molecule has 0 fully saturated rings. The maximum absolute atomic E-state index is 3.75. The Morgan fingerprint density at radius 3 is 2.22 bits per heavy atom. The summed E-state index contributed by atoms with van der Waals surface area (Å²) < 4.78 is 0. The summed E-state index contributed by atoms with van der Waals surface area (Å²) in [5.41, 5.74) is 0. The first-order valence-corrected chi connectivity index (χ1v) is 10.2. The Kier molecular flexibility index (Phi) is 10.7. The SMILES string of the molecule is CCN(CCC(C)C)CC[C@H](CSc1ccccc1)NC(C)C. The van der Waals surface area contributed by atoms with Crippen molar-refractivity contribution in [2.24, 2.45) is 5.92 Å². The molecule has 0 bridgehead atoms. The number of hydrogen-bond donors (Lipinski definition) is 1. The molecule has 0 aliphatic rings. The maximum Gasteiger partial charge on any atom is 0.0176 e. The normalized spacial score (nSPS) is 13.2. The summed E-state index contributed by atoms with van der Waals surface area (Å²) in [7, 11) is 0. The number of nitrogens with zero attached hydrogens (tertiary/aromatic N) is 1. The Morgan fingerprint density at radius 1 is 1.00 bits per heavy atom. The lowest BCUT2D eigenvalue weighted by Gasteiger charge is -2.26. The summed E-state index contributed by atoms with van der Waals surface area (Å²) in [5.74, 6) is 1.94. The van der Waals surface area contributed by atoms with Crippen LogP contribution in [0.4, 0.5) is 0 Å². The van der Waals surface area contributed by atoms with Gasteiger partial charge in [-0.05, 0) is 50.5 Å². The van der Waals surface area contributed by atoms with Gasteiger partial charge in [-0.15, -0.1) is 11.8 Å². The molecular weight excluding hydrogens is 300 g/mol. The van der Waals surface area contributed by atoms with E-state index < -0.39 is 0 Å². The highest BCUT2D eigenvalue weighted by molar-refractivity contribution is 7.99. The predicted octanol–water partition coefficient (Wildman–Crippen LogP) is 4.90. The van der Waals surface area contributed by atoms with Crippen LogP contribution in [0.15, 0.2) is 35.2 Å². The zero-order valence-electron chi connectivity index (χ0n) is 15.7. The van der Waals surface area contributed by atoms with Crippen molar-refractivity contribution in [2.45, 2.75) is 64.4 Å². The summed E-state index contributed by atoms with van der Waals surface area (Å²) in [6.45, 7) is 15.0. The molecule has 2 nitrogen and oxygen atoms in total. The van der Waals surface area contributed by atoms with Crippen LogP contribution in [-0.4, -0.2) is 42.4 Å². The predicted molar refractivity (Wildman–Crippen MR) is 105 cm³/mol. The van der Waals surface area contributed by atoms with Crippen LogP contribution in [0, 0.1) is 5.92 Å². The molecule has 3 heteroatoms. The second kappa shape index (κ2) is 11.9. The molecule has 1 rings (SSSR count). The van der Waals surface area contributed by atoms with Crippen molar-refractivity contribution in [1.29, 1.82) is 0 Å². The fourth-order valence-electron chi connectivity index (χ4n) is 2.61. The molecule has 132 valence electrons. The van der Waals surface area contributed by atoms with Crippen molar-refractivity contribution in [1.82, 2.24) is 10.2 Å². The molecular formula is C20H36N2S. The molecule has 0 radical (unpaired) electrons. The van der Waals surface area contributed by atoms with Crippen LogP contribution in [0.2, 0.25) is 0 Å². The van der Waals surface area contributed by atoms with E-state index in [2.05, 4.69) is 75.2 Å². The standard InChI is InChI=1S/C20H36N2S/c1-6-22(14-12-17(2)3)15-13-19(21-18(4)5)16-23-20-10-8-7-9-11-20/h7-11,17-19,21H,6,12-16H2,1-5H3/t19-/m1/s1. The van der Waals surface area contributed by atoms with Crippen molar-refractivity contribution >= 4 is 11.8 Å². The number of thioether (sulfide) groups is 1. The van der Waals surface area contributed by atoms with Gasteiger partial charge in [0, 0.05) is 22.7 Å². The van der Waals surface area contributed by atoms with Crippen LogP contribution < -0.4 is 5.32 Å². The number of nitrogens with one attached hydrogen (secondary N) is 1. The minimum absolute atomic E-state index is 0.544. The summed E-state index contributed by atoms with van der Waals surface area (Å²) in [4.78, 5) is 3.97. The minimum Gasteiger partial charge on any atom is -0.311 e. The Labute approximate surface area is 148 Å². The highest BCUT2D eigenvalue weighted by Crippen LogP contribution is 2.19. The fraction of sp³-hybridized carbons (Fsp3) is 0.700. The van der Waals surface area contributed by atoms with E-state index in [1.807, 2.05) is 11.8 Å². The van der Waals surface area contributed by atoms with Crippen molar-refractivity contribution in [3.63, 3.8) is 0 Å². The molecule has 0 saturated carbocycles. The quantitative estimate of drug-likeness (QED) is 0.546. The van der Waals surface area contributed by atoms with Gasteiger partial charge < -0.3 is 10.2 Å². The van der Waals surface area contributed by atoms with Gasteiger partial charge in [-0.2, -0.15) is 0 Å². The molecule has 0 heterocycles. The molecule has 0 aliphatic carbocycles. The summed E-state index contributed by atoms with van der Waals surface area (Å²) in [6, 6.07) is 11.9. The van der Waals surface area contributed by atoms with Crippen molar-refractivity contribution in [3.05, 3.63) is 30.3 Å². The zero-order valence-corrected chi connectivity index (χ0v) is 16.5. The third kappa shape index (κ3) is 10.1. The van der Waals surface area contributed by atoms with Gasteiger partial charge in [0.2, 0.25) is 0 Å². The van der Waals surface area contributed by atoms with Crippen LogP contribution in [0.25, 0.3) is 0 Å². The molecule has 1 atom stereocenters. The molecule has 1 aromatic rings. The smallest absolute Gasteiger partial charge is 0.0176 e. The molecule has 0 unspecified atom stereocenters. The van der Waals surface area contributed by atoms with Crippen LogP contribution in [0.5, 0.6) is 0 Å². The topological polar surface area (TPSA) is 15.3 Å². The van der Waals surface area contributed by atoms with Gasteiger partial charge in [-0.1, -0.05) is 52.8 Å². The number of rotatable bonds is 12. The number of hydrogen-bond acceptors (Lipinski definition) is 3. The lowest BCUT2D eigenvalue weighted by atomic mass is 10.1. The van der Waals surface area contributed by atoms with Gasteiger partial charge in [0.15, 0.2) is 0 Å². The molecule has 0 saturated heterocycles. The molecule has 0 amide bonds. The van der Waals surface area contributed by atoms with Crippen molar-refractivity contribution < 1.29 is 0 Å². The van der Waals surface area contributed by atoms with Crippen molar-refractivity contribution in [2.75, 3.05) is 25.4 Å². The lowest BCUT2D eigenvalue weighted by Crippen LogP contribution is -2.40. The average molecular weight is 337 g/mol. The first-order valence-electron chi connectivity index (χ1n) is 9.17. The summed E-state index contributed by atoms with van der Waals surface area (Å²) in [5, 5.41) is 3.75. The summed E-state index contributed by atoms with van der Waals surface area (Å²) in [6.07, 6.45) is 2.53. The highest BCUT2D eigenvalue weighted by atomic mass is 32.2. The number of benzene rings is 1. The molecule has 0 spiro atoms. The third-order valence-corrected chi connectivity index (χ3v) is 5.20. The molecule has 0 aromatic heterocycles. The highest BCUT2D eigenvalue weighted by Gasteiger charge is 2.13. The van der Waals surface area contributed by atoms with E-state index in [1.165, 1.54) is 30.8 Å². The Morgan fingerprint density at radius 2 is 1.65 bits per heavy atom. The molecule has 1 N–H and O–H groups in total. The van der Waals surface area contributed by atoms with E-state index in [-0.39, 0.29) is 0 Å². The van der Waals surface area contributed by atoms with E-state index in [0.717, 1.165) is 18.2 Å². The first-order chi connectivity index (χ1) is 11.0. The van der Waals surface area contributed by atoms with Gasteiger partial charge in [-0.25, -0.2) is 0 Å². The van der Waals surface area contributed by atoms with Gasteiger partial charge in [0.1, 0.15) is 0 Å². The monoisotopic (exact) mass is 336 g/mol. The van der Waals surface area contributed by atoms with Crippen LogP contribution in [0.1, 0.15) is 47.5 Å². The van der Waals surface area contributed by atoms with Crippen LogP contribution in [0.3, 0.4) is 0 Å². The van der Waals surface area contributed by atoms with Gasteiger partial charge in [0.05, 0.1) is 0 Å². The van der Waals surface area contributed by atoms with Crippen LogP contribution in [-0.2, 0) is 0 Å². The third-order valence-electron chi connectivity index (χ3n) is 4.03. The average Bonchev–Trinajstić information content (AvgIpc) is 2.52. The van der Waals surface area contributed by atoms with Gasteiger partial charge >= 0.3 is 0 Å². The zero-order chi connectivity index (χ0) is 17.1. The lowest BCUT2D eigenvalue weighted by molar-refractivity contribution is 0.254. The Hall–Kier alpha value is -0.510. The molecule has 1 aromatic carbocycles. The van der Waals surface area contributed by atoms with Crippen molar-refractivity contribution in [3.8, 4) is 0 Å². The van der Waals surface area contributed by atoms with E-state index in [0.29, 0.717) is 12.1 Å². The maximum atomic E-state index is 3.75. The largest absolute Gasteiger partial charge is 0.311 e. The molecule has 0 aliphatic heterocycles. The minimum atomic E-state index is 0.544. The van der Waals surface area contributed by atoms with Crippen LogP contribution >= 0.6 is 11.8 Å². The van der Waals surface area contributed by atoms with Gasteiger partial charge in [-0.3, -0.25) is 0 Å². The van der Waals surface area contributed by atoms with E-state index in [1.54, 1.807) is 0 Å². The Bertz CT molecular complexity index is 392. The summed E-state index contributed by atoms with van der Waals surface area (Å²) >= 11 is 1.97. The van der Waals surface area contributed by atoms with Gasteiger partial charge in [0.25, 0.3) is 0 Å². The van der Waals surface area contributed by atoms with E-state index in [4.69, 9.17) is 0 Å². The van der Waals surface area contributed by atoms with E-state index in [9.17, 15) is 0 Å². The Balaban J connectivity index is 2.43. The fourth-order valence-corrected chi connectivity index (χ4v) is 3.61. The second-order valence-electron chi connectivity index (χ2n) is 7.05. The first kappa shape index (κ1) is 20.5.